The number of hydrogen-bond donors (Lipinski definition) is 17. The second-order valence-electron chi connectivity index (χ2n) is 24.8. The highest BCUT2D eigenvalue weighted by Crippen LogP contribution is 2.23. The van der Waals surface area contributed by atoms with E-state index in [-0.39, 0.29) is 94.4 Å². The molecule has 32 nitrogen and oxygen atoms in total. The fraction of sp³-hybridized carbons (Fsp3) is 0.463. The van der Waals surface area contributed by atoms with Crippen molar-refractivity contribution in [3.8, 4) is 5.75 Å². The molecule has 0 radical (unpaired) electrons. The molecule has 0 unspecified atom stereocenters. The first-order valence-corrected chi connectivity index (χ1v) is 32.9. The summed E-state index contributed by atoms with van der Waals surface area (Å²) in [6.45, 7) is 4.99. The number of likely N-dealkylation sites (N-methyl/N-ethyl adjacent to an activating group) is 1. The summed E-state index contributed by atoms with van der Waals surface area (Å²) in [7, 11) is 0. The Morgan fingerprint density at radius 2 is 1.21 bits per heavy atom. The number of para-hydroxylation sites is 1. The van der Waals surface area contributed by atoms with Crippen LogP contribution in [0.3, 0.4) is 0 Å². The van der Waals surface area contributed by atoms with Gasteiger partial charge in [0.15, 0.2) is 5.96 Å². The third-order valence-electron chi connectivity index (χ3n) is 16.8. The summed E-state index contributed by atoms with van der Waals surface area (Å²) in [6, 6.07) is 7.29. The second-order valence-corrected chi connectivity index (χ2v) is 24.8. The van der Waals surface area contributed by atoms with E-state index in [4.69, 9.17) is 11.5 Å². The number of aromatic nitrogens is 3. The highest BCUT2D eigenvalue weighted by Gasteiger charge is 2.40. The van der Waals surface area contributed by atoms with Gasteiger partial charge in [0.1, 0.15) is 66.2 Å². The molecule has 0 spiro atoms. The van der Waals surface area contributed by atoms with Gasteiger partial charge in [-0.2, -0.15) is 0 Å². The third kappa shape index (κ3) is 22.9. The van der Waals surface area contributed by atoms with Crippen LogP contribution < -0.4 is 64.6 Å². The van der Waals surface area contributed by atoms with Gasteiger partial charge in [-0.05, 0) is 92.7 Å². The Hall–Kier alpha value is -10.9. The number of imidazole rings is 1. The van der Waals surface area contributed by atoms with Crippen molar-refractivity contribution in [1.82, 2.24) is 73.0 Å². The number of aromatic hydroxyl groups is 1. The van der Waals surface area contributed by atoms with Crippen molar-refractivity contribution < 1.29 is 72.9 Å². The van der Waals surface area contributed by atoms with Gasteiger partial charge in [-0.3, -0.25) is 62.5 Å². The van der Waals surface area contributed by atoms with E-state index in [1.807, 2.05) is 13.8 Å². The standard InChI is InChI=1S/C67H89N17O15/c1-4-71-65(98)54-17-11-27-84(54)66(99)47(16-10-26-72-67(68)69)77-59(92)48(28-37(2)3)78-60(93)49(29-38-12-6-5-7-13-38)79-61(94)50(30-39-18-20-42(86)21-19-39)80-64(97)53(35-85)83-62(95)51(31-40-33-73-44-15-9-8-14-43(40)44)81-63(96)52(32-41-34-70-36-74-41)82-58(91)46(23-25-56(88)89)76-57(90)45-22-24-55(87)75-45/h5-9,12-15,18-21,33-34,36-37,45-54,73,85-86H,4,10-11,16-17,22-32,35H2,1-3H3,(H,70,74)(H,71,98)(H,75,87)(H,76,90)(H,77,92)(H,78,93)(H,79,94)(H,80,97)(H,81,96)(H,82,91)(H,83,95)(H,88,89)(H4,68,69,72)/t45-,46-,47-,48-,49+,50-,51-,52-,53-,54-/m0/s1. The van der Waals surface area contributed by atoms with Gasteiger partial charge in [-0.15, -0.1) is 0 Å². The molecule has 532 valence electrons. The second kappa shape index (κ2) is 37.0. The smallest absolute Gasteiger partial charge is 0.303 e. The van der Waals surface area contributed by atoms with E-state index in [0.717, 1.165) is 0 Å². The van der Waals surface area contributed by atoms with Gasteiger partial charge in [-0.1, -0.05) is 74.5 Å². The van der Waals surface area contributed by atoms with Crippen LogP contribution in [0.1, 0.15) is 101 Å². The number of benzene rings is 3. The van der Waals surface area contributed by atoms with E-state index in [9.17, 15) is 72.9 Å². The summed E-state index contributed by atoms with van der Waals surface area (Å²) in [5.74, 6) is -10.5. The number of aromatic amines is 2. The minimum absolute atomic E-state index is 0.0419. The first kappa shape index (κ1) is 75.5. The fourth-order valence-electron chi connectivity index (χ4n) is 11.7. The van der Waals surface area contributed by atoms with Crippen LogP contribution in [0.25, 0.3) is 10.9 Å². The van der Waals surface area contributed by atoms with Crippen molar-refractivity contribution in [3.63, 3.8) is 0 Å². The zero-order chi connectivity index (χ0) is 71.7. The van der Waals surface area contributed by atoms with Crippen LogP contribution in [-0.2, 0) is 83.2 Å². The molecule has 0 aliphatic carbocycles. The number of carboxylic acids is 1. The average molecular weight is 1370 g/mol. The summed E-state index contributed by atoms with van der Waals surface area (Å²) in [5.41, 5.74) is 13.6. The first-order valence-electron chi connectivity index (χ1n) is 32.9. The maximum absolute atomic E-state index is 15.0. The molecule has 2 saturated heterocycles. The number of nitrogens with zero attached hydrogens (tertiary/aromatic N) is 3. The third-order valence-corrected chi connectivity index (χ3v) is 16.8. The van der Waals surface area contributed by atoms with Crippen molar-refractivity contribution in [2.45, 2.75) is 165 Å². The zero-order valence-electron chi connectivity index (χ0n) is 55.3. The number of phenolic OH excluding ortho intramolecular Hbond substituents is 1. The van der Waals surface area contributed by atoms with Crippen molar-refractivity contribution in [2.75, 3.05) is 26.2 Å². The maximum Gasteiger partial charge on any atom is 0.303 e. The van der Waals surface area contributed by atoms with E-state index in [1.54, 1.807) is 67.7 Å². The predicted octanol–water partition coefficient (Wildman–Crippen LogP) is -1.89. The van der Waals surface area contributed by atoms with Crippen LogP contribution in [0.15, 0.2) is 103 Å². The number of hydrogen-bond acceptors (Lipinski definition) is 16. The van der Waals surface area contributed by atoms with Crippen LogP contribution in [0.4, 0.5) is 0 Å². The summed E-state index contributed by atoms with van der Waals surface area (Å²) in [6.07, 6.45) is 3.66. The first-order chi connectivity index (χ1) is 47.4. The minimum atomic E-state index is -1.86. The Kier molecular flexibility index (Phi) is 28.2. The van der Waals surface area contributed by atoms with Gasteiger partial charge in [0.25, 0.3) is 0 Å². The molecule has 2 aliphatic rings. The number of phenols is 1. The number of aliphatic hydroxyl groups excluding tert-OH is 1. The number of nitrogens with one attached hydrogen (secondary N) is 12. The number of aliphatic hydroxyl groups is 1. The van der Waals surface area contributed by atoms with Crippen molar-refractivity contribution >= 4 is 87.8 Å². The number of H-pyrrole nitrogens is 2. The fourth-order valence-corrected chi connectivity index (χ4v) is 11.7. The Morgan fingerprint density at radius 3 is 1.80 bits per heavy atom. The molecular formula is C67H89N17O15. The van der Waals surface area contributed by atoms with Crippen LogP contribution in [0, 0.1) is 5.92 Å². The molecule has 10 atom stereocenters. The van der Waals surface area contributed by atoms with Gasteiger partial charge in [0.05, 0.1) is 12.9 Å². The van der Waals surface area contributed by atoms with E-state index >= 15 is 0 Å². The van der Waals surface area contributed by atoms with E-state index in [1.165, 1.54) is 41.7 Å². The number of likely N-dealkylation sites (tertiary alicyclic amines) is 1. The highest BCUT2D eigenvalue weighted by atomic mass is 16.4. The maximum atomic E-state index is 15.0. The van der Waals surface area contributed by atoms with Crippen LogP contribution in [0.2, 0.25) is 0 Å². The Bertz CT molecular complexity index is 3660. The molecule has 7 rings (SSSR count). The Balaban J connectivity index is 1.14. The number of guanidine groups is 1. The van der Waals surface area contributed by atoms with Gasteiger partial charge < -0.3 is 94.8 Å². The van der Waals surface area contributed by atoms with E-state index < -0.39 is 145 Å². The molecule has 3 aromatic carbocycles. The van der Waals surface area contributed by atoms with E-state index in [0.29, 0.717) is 52.7 Å². The minimum Gasteiger partial charge on any atom is -0.508 e. The summed E-state index contributed by atoms with van der Waals surface area (Å²) < 4.78 is 0. The number of nitrogens with two attached hydrogens (primary N) is 2. The lowest BCUT2D eigenvalue weighted by Gasteiger charge is -2.30. The monoisotopic (exact) mass is 1370 g/mol. The number of aliphatic imine (C=N–C) groups is 1. The van der Waals surface area contributed by atoms with Crippen LogP contribution in [-0.4, -0.2) is 199 Å². The van der Waals surface area contributed by atoms with E-state index in [2.05, 4.69) is 73.1 Å². The number of fused-ring (bicyclic) bond motifs is 1. The largest absolute Gasteiger partial charge is 0.508 e. The molecule has 11 amide bonds. The van der Waals surface area contributed by atoms with Crippen LogP contribution in [0.5, 0.6) is 5.75 Å². The number of carbonyl (C=O) groups excluding carboxylic acids is 11. The summed E-state index contributed by atoms with van der Waals surface area (Å²) in [5, 5.41) is 57.8. The van der Waals surface area contributed by atoms with Gasteiger partial charge in [-0.25, -0.2) is 4.98 Å². The lowest BCUT2D eigenvalue weighted by Crippen LogP contribution is -2.62. The quantitative estimate of drug-likeness (QED) is 0.0117. The molecule has 0 saturated carbocycles. The van der Waals surface area contributed by atoms with Crippen molar-refractivity contribution in [1.29, 1.82) is 0 Å². The average Bonchev–Trinajstić information content (AvgIpc) is 1.80. The van der Waals surface area contributed by atoms with Crippen molar-refractivity contribution in [3.05, 3.63) is 120 Å². The SMILES string of the molecule is CCNC(=O)[C@@H]1CCCN1C(=O)[C@H](CCCN=C(N)N)NC(=O)[C@H](CC(C)C)NC(=O)[C@@H](Cc1ccccc1)NC(=O)[C@H](Cc1ccc(O)cc1)NC(=O)[C@H](CO)NC(=O)[C@H](Cc1c[nH]c2ccccc12)NC(=O)[C@H](Cc1cnc[nH]1)NC(=O)[C@H](CCC(=O)O)NC(=O)[C@@H]1CCC(=O)N1. The zero-order valence-corrected chi connectivity index (χ0v) is 55.3. The van der Waals surface area contributed by atoms with Crippen LogP contribution >= 0.6 is 0 Å². The van der Waals surface area contributed by atoms with Gasteiger partial charge in [0.2, 0.25) is 65.0 Å². The summed E-state index contributed by atoms with van der Waals surface area (Å²) >= 11 is 0. The Morgan fingerprint density at radius 1 is 0.646 bits per heavy atom. The van der Waals surface area contributed by atoms with Gasteiger partial charge in [0, 0.05) is 87.1 Å². The number of amides is 11. The number of rotatable bonds is 37. The number of carboxylic acid groups (broad SMARTS) is 1. The van der Waals surface area contributed by atoms with Crippen molar-refractivity contribution in [2.24, 2.45) is 22.4 Å². The molecular weight excluding hydrogens is 1280 g/mol. The molecule has 4 heterocycles. The molecule has 0 bridgehead atoms. The number of carbonyl (C=O) groups is 12. The summed E-state index contributed by atoms with van der Waals surface area (Å²) in [4.78, 5) is 183. The lowest BCUT2D eigenvalue weighted by molar-refractivity contribution is -0.142. The number of aliphatic carboxylic acids is 1. The molecule has 19 N–H and O–H groups in total. The topological polar surface area (TPSA) is 498 Å². The lowest BCUT2D eigenvalue weighted by atomic mass is 9.99. The van der Waals surface area contributed by atoms with Gasteiger partial charge >= 0.3 is 5.97 Å². The molecule has 2 fully saturated rings. The molecule has 2 aliphatic heterocycles. The highest BCUT2D eigenvalue weighted by molar-refractivity contribution is 6.00. The molecule has 5 aromatic rings. The molecule has 2 aromatic heterocycles. The normalized spacial score (nSPS) is 16.6. The molecule has 99 heavy (non-hydrogen) atoms. The predicted molar refractivity (Wildman–Crippen MR) is 360 cm³/mol. The Labute approximate surface area is 570 Å². The molecule has 32 heteroatoms.